The van der Waals surface area contributed by atoms with Crippen LogP contribution in [0.2, 0.25) is 5.02 Å². The number of halogens is 1. The van der Waals surface area contributed by atoms with E-state index in [2.05, 4.69) is 5.32 Å². The minimum Gasteiger partial charge on any atom is -0.495 e. The van der Waals surface area contributed by atoms with E-state index in [0.29, 0.717) is 16.7 Å². The fraction of sp³-hybridized carbons (Fsp3) is 0.538. The zero-order chi connectivity index (χ0) is 12.3. The second-order valence-corrected chi connectivity index (χ2v) is 4.83. The molecule has 0 aliphatic carbocycles. The molecule has 0 bridgehead atoms. The van der Waals surface area contributed by atoms with Crippen molar-refractivity contribution in [3.8, 4) is 5.75 Å². The SMILES string of the molecule is COc1ccc(C(O)C2CCNCC2)cc1Cl. The first-order valence-electron chi connectivity index (χ1n) is 5.94. The number of aliphatic hydroxyl groups excluding tert-OH is 1. The Balaban J connectivity index is 2.12. The van der Waals surface area contributed by atoms with Gasteiger partial charge in [0.05, 0.1) is 18.2 Å². The second-order valence-electron chi connectivity index (χ2n) is 4.43. The number of benzene rings is 1. The minimum atomic E-state index is -0.430. The van der Waals surface area contributed by atoms with Crippen LogP contribution in [-0.4, -0.2) is 25.3 Å². The van der Waals surface area contributed by atoms with E-state index in [1.165, 1.54) is 0 Å². The van der Waals surface area contributed by atoms with Crippen molar-refractivity contribution >= 4 is 11.6 Å². The summed E-state index contributed by atoms with van der Waals surface area (Å²) < 4.78 is 5.10. The van der Waals surface area contributed by atoms with E-state index >= 15 is 0 Å². The van der Waals surface area contributed by atoms with Crippen molar-refractivity contribution in [2.24, 2.45) is 5.92 Å². The van der Waals surface area contributed by atoms with Gasteiger partial charge in [-0.05, 0) is 49.5 Å². The molecule has 1 unspecified atom stereocenters. The highest BCUT2D eigenvalue weighted by molar-refractivity contribution is 6.32. The lowest BCUT2D eigenvalue weighted by Crippen LogP contribution is -2.30. The van der Waals surface area contributed by atoms with E-state index in [1.54, 1.807) is 13.2 Å². The van der Waals surface area contributed by atoms with Crippen LogP contribution in [0.3, 0.4) is 0 Å². The highest BCUT2D eigenvalue weighted by Crippen LogP contribution is 2.33. The molecule has 1 atom stereocenters. The zero-order valence-corrected chi connectivity index (χ0v) is 10.7. The maximum absolute atomic E-state index is 10.3. The summed E-state index contributed by atoms with van der Waals surface area (Å²) in [6.07, 6.45) is 1.58. The van der Waals surface area contributed by atoms with Gasteiger partial charge < -0.3 is 15.2 Å². The molecule has 1 aliphatic heterocycles. The third-order valence-corrected chi connectivity index (χ3v) is 3.64. The lowest BCUT2D eigenvalue weighted by molar-refractivity contribution is 0.0889. The summed E-state index contributed by atoms with van der Waals surface area (Å²) in [5.41, 5.74) is 0.878. The van der Waals surface area contributed by atoms with E-state index in [4.69, 9.17) is 16.3 Å². The molecular weight excluding hydrogens is 238 g/mol. The number of hydrogen-bond donors (Lipinski definition) is 2. The van der Waals surface area contributed by atoms with Crippen LogP contribution in [-0.2, 0) is 0 Å². The molecule has 1 aliphatic rings. The molecule has 0 saturated carbocycles. The number of aliphatic hydroxyl groups is 1. The van der Waals surface area contributed by atoms with Crippen molar-refractivity contribution in [1.82, 2.24) is 5.32 Å². The molecule has 1 aromatic carbocycles. The van der Waals surface area contributed by atoms with E-state index < -0.39 is 6.10 Å². The Bertz CT molecular complexity index is 378. The smallest absolute Gasteiger partial charge is 0.137 e. The largest absolute Gasteiger partial charge is 0.495 e. The standard InChI is InChI=1S/C13H18ClNO2/c1-17-12-3-2-10(8-11(12)14)13(16)9-4-6-15-7-5-9/h2-3,8-9,13,15-16H,4-7H2,1H3. The zero-order valence-electron chi connectivity index (χ0n) is 9.95. The summed E-state index contributed by atoms with van der Waals surface area (Å²) in [6, 6.07) is 5.49. The highest BCUT2D eigenvalue weighted by Gasteiger charge is 2.23. The molecule has 1 aromatic rings. The molecule has 3 nitrogen and oxygen atoms in total. The van der Waals surface area contributed by atoms with Crippen molar-refractivity contribution in [2.45, 2.75) is 18.9 Å². The Morgan fingerprint density at radius 1 is 1.41 bits per heavy atom. The first kappa shape index (κ1) is 12.7. The predicted octanol–water partition coefficient (Wildman–Crippen LogP) is 2.38. The number of piperidine rings is 1. The fourth-order valence-corrected chi connectivity index (χ4v) is 2.56. The van der Waals surface area contributed by atoms with Gasteiger partial charge in [-0.1, -0.05) is 17.7 Å². The van der Waals surface area contributed by atoms with Crippen LogP contribution < -0.4 is 10.1 Å². The quantitative estimate of drug-likeness (QED) is 0.872. The van der Waals surface area contributed by atoms with Gasteiger partial charge in [0.1, 0.15) is 5.75 Å². The maximum Gasteiger partial charge on any atom is 0.137 e. The van der Waals surface area contributed by atoms with Crippen LogP contribution >= 0.6 is 11.6 Å². The Labute approximate surface area is 107 Å². The number of rotatable bonds is 3. The Morgan fingerprint density at radius 2 is 2.12 bits per heavy atom. The van der Waals surface area contributed by atoms with Gasteiger partial charge in [0.2, 0.25) is 0 Å². The number of hydrogen-bond acceptors (Lipinski definition) is 3. The van der Waals surface area contributed by atoms with Crippen LogP contribution in [0, 0.1) is 5.92 Å². The normalized spacial score (nSPS) is 19.0. The molecule has 0 amide bonds. The molecular formula is C13H18ClNO2. The van der Waals surface area contributed by atoms with Crippen LogP contribution in [0.4, 0.5) is 0 Å². The van der Waals surface area contributed by atoms with E-state index in [9.17, 15) is 5.11 Å². The molecule has 0 spiro atoms. The van der Waals surface area contributed by atoms with Crippen molar-refractivity contribution in [1.29, 1.82) is 0 Å². The molecule has 0 radical (unpaired) electrons. The van der Waals surface area contributed by atoms with Crippen LogP contribution in [0.25, 0.3) is 0 Å². The Morgan fingerprint density at radius 3 is 2.71 bits per heavy atom. The molecule has 17 heavy (non-hydrogen) atoms. The predicted molar refractivity (Wildman–Crippen MR) is 68.6 cm³/mol. The molecule has 2 N–H and O–H groups in total. The Kier molecular flexibility index (Phi) is 4.26. The lowest BCUT2D eigenvalue weighted by Gasteiger charge is -2.27. The molecule has 0 aromatic heterocycles. The van der Waals surface area contributed by atoms with Crippen molar-refractivity contribution in [2.75, 3.05) is 20.2 Å². The molecule has 94 valence electrons. The van der Waals surface area contributed by atoms with Crippen molar-refractivity contribution in [3.63, 3.8) is 0 Å². The number of nitrogens with one attached hydrogen (secondary N) is 1. The number of ether oxygens (including phenoxy) is 1. The summed E-state index contributed by atoms with van der Waals surface area (Å²) in [7, 11) is 1.59. The minimum absolute atomic E-state index is 0.320. The first-order chi connectivity index (χ1) is 8.22. The third kappa shape index (κ3) is 2.92. The Hall–Kier alpha value is -0.770. The van der Waals surface area contributed by atoms with E-state index in [0.717, 1.165) is 31.5 Å². The highest BCUT2D eigenvalue weighted by atomic mass is 35.5. The van der Waals surface area contributed by atoms with E-state index in [1.807, 2.05) is 12.1 Å². The first-order valence-corrected chi connectivity index (χ1v) is 6.32. The van der Waals surface area contributed by atoms with Crippen LogP contribution in [0.15, 0.2) is 18.2 Å². The average molecular weight is 256 g/mol. The van der Waals surface area contributed by atoms with Gasteiger partial charge in [-0.25, -0.2) is 0 Å². The summed E-state index contributed by atoms with van der Waals surface area (Å²) in [4.78, 5) is 0. The van der Waals surface area contributed by atoms with Gasteiger partial charge in [-0.15, -0.1) is 0 Å². The molecule has 1 heterocycles. The molecule has 2 rings (SSSR count). The lowest BCUT2D eigenvalue weighted by atomic mass is 9.88. The van der Waals surface area contributed by atoms with Gasteiger partial charge in [0.15, 0.2) is 0 Å². The van der Waals surface area contributed by atoms with Crippen LogP contribution in [0.1, 0.15) is 24.5 Å². The van der Waals surface area contributed by atoms with Gasteiger partial charge in [0.25, 0.3) is 0 Å². The number of methoxy groups -OCH3 is 1. The monoisotopic (exact) mass is 255 g/mol. The molecule has 1 saturated heterocycles. The summed E-state index contributed by atoms with van der Waals surface area (Å²) >= 11 is 6.06. The summed E-state index contributed by atoms with van der Waals surface area (Å²) in [5.74, 6) is 0.966. The molecule has 1 fully saturated rings. The van der Waals surface area contributed by atoms with Crippen LogP contribution in [0.5, 0.6) is 5.75 Å². The fourth-order valence-electron chi connectivity index (χ4n) is 2.30. The van der Waals surface area contributed by atoms with Crippen molar-refractivity contribution in [3.05, 3.63) is 28.8 Å². The second kappa shape index (κ2) is 5.71. The van der Waals surface area contributed by atoms with Gasteiger partial charge in [-0.3, -0.25) is 0 Å². The third-order valence-electron chi connectivity index (χ3n) is 3.35. The van der Waals surface area contributed by atoms with Gasteiger partial charge in [-0.2, -0.15) is 0 Å². The summed E-state index contributed by atoms with van der Waals surface area (Å²) in [5, 5.41) is 14.2. The average Bonchev–Trinajstić information content (AvgIpc) is 2.39. The van der Waals surface area contributed by atoms with E-state index in [-0.39, 0.29) is 0 Å². The topological polar surface area (TPSA) is 41.5 Å². The van der Waals surface area contributed by atoms with Gasteiger partial charge in [0, 0.05) is 0 Å². The van der Waals surface area contributed by atoms with Gasteiger partial charge >= 0.3 is 0 Å². The maximum atomic E-state index is 10.3. The molecule has 4 heteroatoms. The van der Waals surface area contributed by atoms with Crippen molar-refractivity contribution < 1.29 is 9.84 Å². The summed E-state index contributed by atoms with van der Waals surface area (Å²) in [6.45, 7) is 1.96.